The fraction of sp³-hybridized carbons (Fsp3) is 0.600. The van der Waals surface area contributed by atoms with Gasteiger partial charge < -0.3 is 20.2 Å². The zero-order chi connectivity index (χ0) is 15.9. The molecule has 0 radical (unpaired) electrons. The molecule has 0 saturated carbocycles. The van der Waals surface area contributed by atoms with Crippen molar-refractivity contribution >= 4 is 12.0 Å². The Kier molecular flexibility index (Phi) is 6.27. The summed E-state index contributed by atoms with van der Waals surface area (Å²) < 4.78 is 5.23. The van der Waals surface area contributed by atoms with Crippen molar-refractivity contribution in [2.24, 2.45) is 0 Å². The largest absolute Gasteiger partial charge is 0.480 e. The van der Waals surface area contributed by atoms with Gasteiger partial charge in [-0.15, -0.1) is 0 Å². The molecule has 0 saturated heterocycles. The maximum atomic E-state index is 11.9. The summed E-state index contributed by atoms with van der Waals surface area (Å²) in [6.45, 7) is 5.28. The molecule has 0 aliphatic carbocycles. The lowest BCUT2D eigenvalue weighted by molar-refractivity contribution is -0.144. The Labute approximate surface area is 124 Å². The van der Waals surface area contributed by atoms with Crippen LogP contribution in [0.5, 0.6) is 0 Å². The Hall–Kier alpha value is -1.98. The van der Waals surface area contributed by atoms with Crippen LogP contribution in [-0.2, 0) is 11.2 Å². The van der Waals surface area contributed by atoms with E-state index in [9.17, 15) is 14.7 Å². The van der Waals surface area contributed by atoms with Gasteiger partial charge in [0.25, 0.3) is 0 Å². The first kappa shape index (κ1) is 17.1. The Morgan fingerprint density at radius 1 is 1.48 bits per heavy atom. The molecule has 6 heteroatoms. The van der Waals surface area contributed by atoms with Crippen LogP contribution < -0.4 is 10.6 Å². The lowest BCUT2D eigenvalue weighted by Gasteiger charge is -2.26. The van der Waals surface area contributed by atoms with Gasteiger partial charge in [0.05, 0.1) is 6.26 Å². The van der Waals surface area contributed by atoms with Crippen LogP contribution in [-0.4, -0.2) is 28.7 Å². The van der Waals surface area contributed by atoms with Crippen LogP contribution in [0, 0.1) is 0 Å². The minimum Gasteiger partial charge on any atom is -0.480 e. The number of carboxylic acid groups (broad SMARTS) is 1. The van der Waals surface area contributed by atoms with Crippen LogP contribution in [0.4, 0.5) is 4.79 Å². The standard InChI is InChI=1S/C15H24N2O4/c1-4-9-15(3,13(18)19)17-14(20)16-11(2)7-8-12-6-5-10-21-12/h5-6,10-11H,4,7-9H2,1-3H3,(H,18,19)(H2,16,17,20). The highest BCUT2D eigenvalue weighted by Crippen LogP contribution is 2.12. The quantitative estimate of drug-likeness (QED) is 0.687. The maximum absolute atomic E-state index is 11.9. The lowest BCUT2D eigenvalue weighted by Crippen LogP contribution is -2.56. The summed E-state index contributed by atoms with van der Waals surface area (Å²) in [6, 6.07) is 3.17. The number of nitrogens with one attached hydrogen (secondary N) is 2. The normalized spacial score (nSPS) is 15.0. The van der Waals surface area contributed by atoms with Crippen LogP contribution >= 0.6 is 0 Å². The van der Waals surface area contributed by atoms with Gasteiger partial charge in [0.1, 0.15) is 11.3 Å². The highest BCUT2D eigenvalue weighted by Gasteiger charge is 2.33. The summed E-state index contributed by atoms with van der Waals surface area (Å²) in [5.74, 6) is -0.159. The minimum atomic E-state index is -1.24. The first-order valence-corrected chi connectivity index (χ1v) is 7.22. The Bertz CT molecular complexity index is 458. The number of urea groups is 1. The minimum absolute atomic E-state index is 0.0743. The van der Waals surface area contributed by atoms with Crippen molar-refractivity contribution in [3.8, 4) is 0 Å². The number of carbonyl (C=O) groups excluding carboxylic acids is 1. The van der Waals surface area contributed by atoms with Crippen molar-refractivity contribution in [1.82, 2.24) is 10.6 Å². The van der Waals surface area contributed by atoms with E-state index < -0.39 is 17.5 Å². The molecule has 21 heavy (non-hydrogen) atoms. The van der Waals surface area contributed by atoms with Crippen molar-refractivity contribution < 1.29 is 19.1 Å². The van der Waals surface area contributed by atoms with E-state index in [0.717, 1.165) is 18.6 Å². The molecular formula is C15H24N2O4. The van der Waals surface area contributed by atoms with Gasteiger partial charge in [-0.1, -0.05) is 13.3 Å². The van der Waals surface area contributed by atoms with Crippen molar-refractivity contribution in [3.05, 3.63) is 24.2 Å². The zero-order valence-electron chi connectivity index (χ0n) is 12.8. The SMILES string of the molecule is CCCC(C)(NC(=O)NC(C)CCc1ccco1)C(=O)O. The van der Waals surface area contributed by atoms with E-state index >= 15 is 0 Å². The number of hydrogen-bond donors (Lipinski definition) is 3. The van der Waals surface area contributed by atoms with E-state index in [0.29, 0.717) is 12.8 Å². The predicted molar refractivity (Wildman–Crippen MR) is 79.1 cm³/mol. The molecule has 1 rings (SSSR count). The summed E-state index contributed by atoms with van der Waals surface area (Å²) in [7, 11) is 0. The Morgan fingerprint density at radius 3 is 2.71 bits per heavy atom. The molecule has 2 atom stereocenters. The molecule has 0 aliphatic rings. The highest BCUT2D eigenvalue weighted by molar-refractivity contribution is 5.85. The first-order valence-electron chi connectivity index (χ1n) is 7.22. The van der Waals surface area contributed by atoms with Gasteiger partial charge in [-0.2, -0.15) is 0 Å². The lowest BCUT2D eigenvalue weighted by atomic mass is 9.96. The third-order valence-electron chi connectivity index (χ3n) is 3.39. The average Bonchev–Trinajstić information content (AvgIpc) is 2.89. The molecule has 2 amide bonds. The third kappa shape index (κ3) is 5.49. The summed E-state index contributed by atoms with van der Waals surface area (Å²) in [6.07, 6.45) is 4.12. The fourth-order valence-corrected chi connectivity index (χ4v) is 2.12. The molecule has 0 fully saturated rings. The van der Waals surface area contributed by atoms with E-state index in [-0.39, 0.29) is 6.04 Å². The van der Waals surface area contributed by atoms with Crippen molar-refractivity contribution in [3.63, 3.8) is 0 Å². The molecule has 1 heterocycles. The summed E-state index contributed by atoms with van der Waals surface area (Å²) >= 11 is 0. The molecular weight excluding hydrogens is 272 g/mol. The summed E-state index contributed by atoms with van der Waals surface area (Å²) in [5, 5.41) is 14.5. The second-order valence-electron chi connectivity index (χ2n) is 5.50. The van der Waals surface area contributed by atoms with Gasteiger partial charge in [0, 0.05) is 12.5 Å². The second kappa shape index (κ2) is 7.71. The van der Waals surface area contributed by atoms with Crippen molar-refractivity contribution in [2.75, 3.05) is 0 Å². The number of hydrogen-bond acceptors (Lipinski definition) is 3. The van der Waals surface area contributed by atoms with Crippen molar-refractivity contribution in [2.45, 2.75) is 58.0 Å². The number of rotatable bonds is 8. The smallest absolute Gasteiger partial charge is 0.329 e. The number of aryl methyl sites for hydroxylation is 1. The number of furan rings is 1. The van der Waals surface area contributed by atoms with Gasteiger partial charge in [-0.3, -0.25) is 0 Å². The van der Waals surface area contributed by atoms with Gasteiger partial charge in [0.2, 0.25) is 0 Å². The first-order chi connectivity index (χ1) is 9.87. The van der Waals surface area contributed by atoms with Gasteiger partial charge in [0.15, 0.2) is 0 Å². The number of carbonyl (C=O) groups is 2. The predicted octanol–water partition coefficient (Wildman–Crippen LogP) is 2.54. The summed E-state index contributed by atoms with van der Waals surface area (Å²) in [5.41, 5.74) is -1.24. The topological polar surface area (TPSA) is 91.6 Å². The van der Waals surface area contributed by atoms with Gasteiger partial charge in [-0.05, 0) is 38.8 Å². The molecule has 1 aromatic rings. The second-order valence-corrected chi connectivity index (χ2v) is 5.50. The Morgan fingerprint density at radius 2 is 2.19 bits per heavy atom. The molecule has 6 nitrogen and oxygen atoms in total. The van der Waals surface area contributed by atoms with E-state index in [4.69, 9.17) is 4.42 Å². The van der Waals surface area contributed by atoms with Crippen LogP contribution in [0.1, 0.15) is 45.8 Å². The molecule has 2 unspecified atom stereocenters. The average molecular weight is 296 g/mol. The maximum Gasteiger partial charge on any atom is 0.329 e. The molecule has 0 aromatic carbocycles. The number of amides is 2. The monoisotopic (exact) mass is 296 g/mol. The van der Waals surface area contributed by atoms with E-state index in [2.05, 4.69) is 10.6 Å². The fourth-order valence-electron chi connectivity index (χ4n) is 2.12. The zero-order valence-corrected chi connectivity index (χ0v) is 12.8. The van der Waals surface area contributed by atoms with E-state index in [1.807, 2.05) is 26.0 Å². The van der Waals surface area contributed by atoms with Crippen LogP contribution in [0.15, 0.2) is 22.8 Å². The number of aliphatic carboxylic acids is 1. The van der Waals surface area contributed by atoms with Crippen LogP contribution in [0.2, 0.25) is 0 Å². The molecule has 1 aromatic heterocycles. The van der Waals surface area contributed by atoms with E-state index in [1.165, 1.54) is 6.92 Å². The molecule has 0 bridgehead atoms. The van der Waals surface area contributed by atoms with Crippen molar-refractivity contribution in [1.29, 1.82) is 0 Å². The van der Waals surface area contributed by atoms with Gasteiger partial charge >= 0.3 is 12.0 Å². The third-order valence-corrected chi connectivity index (χ3v) is 3.39. The van der Waals surface area contributed by atoms with Gasteiger partial charge in [-0.25, -0.2) is 9.59 Å². The highest BCUT2D eigenvalue weighted by atomic mass is 16.4. The Balaban J connectivity index is 2.42. The summed E-state index contributed by atoms with van der Waals surface area (Å²) in [4.78, 5) is 23.2. The molecule has 118 valence electrons. The molecule has 0 spiro atoms. The molecule has 0 aliphatic heterocycles. The van der Waals surface area contributed by atoms with Crippen LogP contribution in [0.3, 0.4) is 0 Å². The van der Waals surface area contributed by atoms with E-state index in [1.54, 1.807) is 6.26 Å². The van der Waals surface area contributed by atoms with Crippen LogP contribution in [0.25, 0.3) is 0 Å². The molecule has 3 N–H and O–H groups in total. The number of carboxylic acids is 1.